The van der Waals surface area contributed by atoms with Crippen LogP contribution in [0.3, 0.4) is 0 Å². The molecule has 6 heteroatoms. The second kappa shape index (κ2) is 7.50. The van der Waals surface area contributed by atoms with Gasteiger partial charge in [-0.15, -0.1) is 0 Å². The third-order valence-electron chi connectivity index (χ3n) is 2.64. The van der Waals surface area contributed by atoms with Crippen molar-refractivity contribution in [3.8, 4) is 0 Å². The number of hydrogen-bond donors (Lipinski definition) is 3. The van der Waals surface area contributed by atoms with E-state index in [2.05, 4.69) is 10.6 Å². The number of nitrogens with one attached hydrogen (secondary N) is 2. The van der Waals surface area contributed by atoms with Crippen molar-refractivity contribution in [1.29, 1.82) is 0 Å². The normalized spacial score (nSPS) is 10.2. The van der Waals surface area contributed by atoms with Crippen LogP contribution in [0.5, 0.6) is 0 Å². The number of carbonyl (C=O) groups excluding carboxylic acids is 2. The van der Waals surface area contributed by atoms with Crippen LogP contribution in [0.1, 0.15) is 15.9 Å². The molecule has 0 aliphatic heterocycles. The Bertz CT molecular complexity index is 460. The molecule has 0 aromatic heterocycles. The maximum absolute atomic E-state index is 11.7. The van der Waals surface area contributed by atoms with Gasteiger partial charge >= 0.3 is 0 Å². The molecule has 0 unspecified atom stereocenters. The molecular formula is C13H19N3O3. The second-order valence-electron chi connectivity index (χ2n) is 4.06. The lowest BCUT2D eigenvalue weighted by Crippen LogP contribution is -2.30. The van der Waals surface area contributed by atoms with Crippen molar-refractivity contribution < 1.29 is 14.3 Å². The third-order valence-corrected chi connectivity index (χ3v) is 2.64. The molecule has 1 rings (SSSR count). The molecule has 0 fully saturated rings. The molecule has 0 aliphatic carbocycles. The van der Waals surface area contributed by atoms with Crippen LogP contribution in [-0.4, -0.2) is 38.6 Å². The molecule has 0 heterocycles. The predicted molar refractivity (Wildman–Crippen MR) is 73.1 cm³/mol. The first-order valence-electron chi connectivity index (χ1n) is 5.95. The van der Waals surface area contributed by atoms with Crippen LogP contribution in [0.25, 0.3) is 0 Å². The summed E-state index contributed by atoms with van der Waals surface area (Å²) in [6.45, 7) is 3.07. The van der Waals surface area contributed by atoms with E-state index in [1.165, 1.54) is 0 Å². The SMILES string of the molecule is COCCNCC(=O)Nc1cccc(C(N)=O)c1C. The van der Waals surface area contributed by atoms with Crippen LogP contribution < -0.4 is 16.4 Å². The summed E-state index contributed by atoms with van der Waals surface area (Å²) in [5.41, 5.74) is 6.92. The minimum atomic E-state index is -0.508. The Kier molecular flexibility index (Phi) is 5.98. The van der Waals surface area contributed by atoms with Crippen molar-refractivity contribution in [2.24, 2.45) is 5.73 Å². The van der Waals surface area contributed by atoms with Gasteiger partial charge < -0.3 is 21.1 Å². The van der Waals surface area contributed by atoms with Crippen LogP contribution in [0.15, 0.2) is 18.2 Å². The minimum absolute atomic E-state index is 0.180. The fraction of sp³-hybridized carbons (Fsp3) is 0.385. The minimum Gasteiger partial charge on any atom is -0.383 e. The van der Waals surface area contributed by atoms with Gasteiger partial charge in [0.2, 0.25) is 11.8 Å². The maximum Gasteiger partial charge on any atom is 0.249 e. The monoisotopic (exact) mass is 265 g/mol. The second-order valence-corrected chi connectivity index (χ2v) is 4.06. The van der Waals surface area contributed by atoms with Gasteiger partial charge in [0, 0.05) is 24.9 Å². The summed E-state index contributed by atoms with van der Waals surface area (Å²) < 4.78 is 4.86. The third kappa shape index (κ3) is 4.69. The average Bonchev–Trinajstić information content (AvgIpc) is 2.37. The van der Waals surface area contributed by atoms with Gasteiger partial charge in [0.1, 0.15) is 0 Å². The van der Waals surface area contributed by atoms with Crippen LogP contribution in [0.2, 0.25) is 0 Å². The molecule has 0 saturated heterocycles. The topological polar surface area (TPSA) is 93.4 Å². The molecule has 6 nitrogen and oxygen atoms in total. The first-order chi connectivity index (χ1) is 9.06. The van der Waals surface area contributed by atoms with Gasteiger partial charge in [0.15, 0.2) is 0 Å². The van der Waals surface area contributed by atoms with Crippen LogP contribution in [0, 0.1) is 6.92 Å². The molecule has 0 spiro atoms. The Morgan fingerprint density at radius 3 is 2.74 bits per heavy atom. The number of amides is 2. The summed E-state index contributed by atoms with van der Waals surface area (Å²) in [5, 5.41) is 5.67. The van der Waals surface area contributed by atoms with Gasteiger partial charge in [-0.25, -0.2) is 0 Å². The van der Waals surface area contributed by atoms with E-state index >= 15 is 0 Å². The maximum atomic E-state index is 11.7. The molecule has 104 valence electrons. The summed E-state index contributed by atoms with van der Waals surface area (Å²) in [5.74, 6) is -0.687. The molecule has 1 aromatic carbocycles. The molecule has 19 heavy (non-hydrogen) atoms. The summed E-state index contributed by atoms with van der Waals surface area (Å²) in [7, 11) is 1.60. The predicted octanol–water partition coefficient (Wildman–Crippen LogP) is 0.268. The first kappa shape index (κ1) is 15.1. The van der Waals surface area contributed by atoms with Crippen LogP contribution in [0.4, 0.5) is 5.69 Å². The van der Waals surface area contributed by atoms with E-state index in [0.717, 1.165) is 0 Å². The van der Waals surface area contributed by atoms with E-state index in [9.17, 15) is 9.59 Å². The molecule has 0 radical (unpaired) electrons. The summed E-state index contributed by atoms with van der Waals surface area (Å²) in [4.78, 5) is 22.9. The number of rotatable bonds is 7. The molecule has 0 atom stereocenters. The Morgan fingerprint density at radius 2 is 2.11 bits per heavy atom. The lowest BCUT2D eigenvalue weighted by Gasteiger charge is -2.11. The van der Waals surface area contributed by atoms with E-state index in [1.807, 2.05) is 0 Å². The lowest BCUT2D eigenvalue weighted by atomic mass is 10.1. The zero-order chi connectivity index (χ0) is 14.3. The number of primary amides is 1. The van der Waals surface area contributed by atoms with E-state index in [1.54, 1.807) is 32.2 Å². The number of methoxy groups -OCH3 is 1. The molecule has 4 N–H and O–H groups in total. The molecule has 0 saturated carbocycles. The zero-order valence-corrected chi connectivity index (χ0v) is 11.2. The van der Waals surface area contributed by atoms with Gasteiger partial charge in [-0.3, -0.25) is 9.59 Å². The van der Waals surface area contributed by atoms with Gasteiger partial charge in [-0.2, -0.15) is 0 Å². The smallest absolute Gasteiger partial charge is 0.249 e. The molecular weight excluding hydrogens is 246 g/mol. The standard InChI is InChI=1S/C13H19N3O3/c1-9-10(13(14)18)4-3-5-11(9)16-12(17)8-15-6-7-19-2/h3-5,15H,6-8H2,1-2H3,(H2,14,18)(H,16,17). The highest BCUT2D eigenvalue weighted by atomic mass is 16.5. The number of hydrogen-bond acceptors (Lipinski definition) is 4. The lowest BCUT2D eigenvalue weighted by molar-refractivity contribution is -0.115. The van der Waals surface area contributed by atoms with E-state index in [0.29, 0.717) is 30.0 Å². The molecule has 2 amide bonds. The van der Waals surface area contributed by atoms with Crippen molar-refractivity contribution >= 4 is 17.5 Å². The van der Waals surface area contributed by atoms with Gasteiger partial charge in [0.25, 0.3) is 0 Å². The number of anilines is 1. The molecule has 1 aromatic rings. The zero-order valence-electron chi connectivity index (χ0n) is 11.2. The van der Waals surface area contributed by atoms with Gasteiger partial charge in [0.05, 0.1) is 13.2 Å². The summed E-state index contributed by atoms with van der Waals surface area (Å²) in [6, 6.07) is 5.04. The first-order valence-corrected chi connectivity index (χ1v) is 5.95. The van der Waals surface area contributed by atoms with Gasteiger partial charge in [-0.05, 0) is 24.6 Å². The quantitative estimate of drug-likeness (QED) is 0.617. The van der Waals surface area contributed by atoms with Crippen molar-refractivity contribution in [1.82, 2.24) is 5.32 Å². The van der Waals surface area contributed by atoms with E-state index in [4.69, 9.17) is 10.5 Å². The number of carbonyl (C=O) groups is 2. The summed E-state index contributed by atoms with van der Waals surface area (Å²) >= 11 is 0. The van der Waals surface area contributed by atoms with Crippen molar-refractivity contribution in [2.75, 3.05) is 32.1 Å². The fourth-order valence-corrected chi connectivity index (χ4v) is 1.61. The van der Waals surface area contributed by atoms with Gasteiger partial charge in [-0.1, -0.05) is 6.07 Å². The van der Waals surface area contributed by atoms with Crippen molar-refractivity contribution in [3.63, 3.8) is 0 Å². The van der Waals surface area contributed by atoms with Crippen molar-refractivity contribution in [3.05, 3.63) is 29.3 Å². The Balaban J connectivity index is 2.59. The van der Waals surface area contributed by atoms with E-state index < -0.39 is 5.91 Å². The number of ether oxygens (including phenoxy) is 1. The van der Waals surface area contributed by atoms with Crippen LogP contribution >= 0.6 is 0 Å². The Morgan fingerprint density at radius 1 is 1.37 bits per heavy atom. The number of nitrogens with two attached hydrogens (primary N) is 1. The molecule has 0 aliphatic rings. The largest absolute Gasteiger partial charge is 0.383 e. The number of benzene rings is 1. The average molecular weight is 265 g/mol. The van der Waals surface area contributed by atoms with Crippen molar-refractivity contribution in [2.45, 2.75) is 6.92 Å². The highest BCUT2D eigenvalue weighted by Crippen LogP contribution is 2.18. The highest BCUT2D eigenvalue weighted by Gasteiger charge is 2.10. The molecule has 0 bridgehead atoms. The summed E-state index contributed by atoms with van der Waals surface area (Å²) in [6.07, 6.45) is 0. The fourth-order valence-electron chi connectivity index (χ4n) is 1.61. The Hall–Kier alpha value is -1.92. The van der Waals surface area contributed by atoms with Crippen LogP contribution in [-0.2, 0) is 9.53 Å². The highest BCUT2D eigenvalue weighted by molar-refractivity contribution is 5.98. The Labute approximate surface area is 112 Å². The van der Waals surface area contributed by atoms with E-state index in [-0.39, 0.29) is 12.5 Å².